The van der Waals surface area contributed by atoms with Crippen LogP contribution in [0.15, 0.2) is 35.9 Å². The summed E-state index contributed by atoms with van der Waals surface area (Å²) < 4.78 is 30.6. The smallest absolute Gasteiger partial charge is 0.161 e. The molecule has 0 aliphatic rings. The number of rotatable bonds is 5. The highest BCUT2D eigenvalue weighted by Gasteiger charge is 2.06. The van der Waals surface area contributed by atoms with Gasteiger partial charge in [0.2, 0.25) is 0 Å². The van der Waals surface area contributed by atoms with Gasteiger partial charge in [-0.05, 0) is 6.92 Å². The fraction of sp³-hybridized carbons (Fsp3) is 0.333. The van der Waals surface area contributed by atoms with Crippen molar-refractivity contribution in [2.75, 3.05) is 13.2 Å². The van der Waals surface area contributed by atoms with Gasteiger partial charge in [0, 0.05) is 6.61 Å². The van der Waals surface area contributed by atoms with Gasteiger partial charge in [0.15, 0.2) is 11.7 Å². The molecule has 1 nitrogen and oxygen atoms in total. The molecule has 0 saturated heterocycles. The van der Waals surface area contributed by atoms with E-state index in [0.717, 1.165) is 0 Å². The van der Waals surface area contributed by atoms with Crippen LogP contribution in [0.1, 0.15) is 6.92 Å². The second-order valence-corrected chi connectivity index (χ2v) is 2.44. The van der Waals surface area contributed by atoms with Crippen LogP contribution in [0.3, 0.4) is 0 Å². The first-order valence-electron chi connectivity index (χ1n) is 4.05. The van der Waals surface area contributed by atoms with E-state index < -0.39 is 11.7 Å². The standard InChI is InChI=1S/C9H13BF2O/c1-3-5-7(10)9(12)8(11)6-13-4-2/h3,5H,1,4,6,10H2,2H3/b7-5+,9-8-. The quantitative estimate of drug-likeness (QED) is 0.470. The van der Waals surface area contributed by atoms with Crippen molar-refractivity contribution in [3.05, 3.63) is 35.9 Å². The number of hydrogen-bond acceptors (Lipinski definition) is 1. The van der Waals surface area contributed by atoms with Crippen LogP contribution in [0.4, 0.5) is 8.78 Å². The normalized spacial score (nSPS) is 13.9. The fourth-order valence-corrected chi connectivity index (χ4v) is 0.719. The number of hydrogen-bond donors (Lipinski definition) is 0. The molecule has 0 aromatic rings. The lowest BCUT2D eigenvalue weighted by atomic mass is 9.93. The summed E-state index contributed by atoms with van der Waals surface area (Å²) in [6.45, 7) is 5.16. The lowest BCUT2D eigenvalue weighted by Crippen LogP contribution is -1.97. The minimum atomic E-state index is -0.877. The second kappa shape index (κ2) is 6.60. The molecule has 0 radical (unpaired) electrons. The predicted molar refractivity (Wildman–Crippen MR) is 52.6 cm³/mol. The van der Waals surface area contributed by atoms with Crippen LogP contribution in [0.2, 0.25) is 0 Å². The Morgan fingerprint density at radius 1 is 1.54 bits per heavy atom. The van der Waals surface area contributed by atoms with E-state index in [4.69, 9.17) is 4.74 Å². The first-order valence-corrected chi connectivity index (χ1v) is 4.05. The van der Waals surface area contributed by atoms with E-state index in [2.05, 4.69) is 6.58 Å². The zero-order valence-corrected chi connectivity index (χ0v) is 7.94. The minimum Gasteiger partial charge on any atom is -0.375 e. The van der Waals surface area contributed by atoms with E-state index in [9.17, 15) is 8.78 Å². The zero-order chi connectivity index (χ0) is 10.3. The number of allylic oxidation sites excluding steroid dienone is 4. The van der Waals surface area contributed by atoms with Crippen LogP contribution < -0.4 is 0 Å². The van der Waals surface area contributed by atoms with Crippen LogP contribution in [-0.2, 0) is 4.74 Å². The van der Waals surface area contributed by atoms with Gasteiger partial charge >= 0.3 is 0 Å². The maximum Gasteiger partial charge on any atom is 0.161 e. The maximum atomic E-state index is 13.0. The van der Waals surface area contributed by atoms with Gasteiger partial charge in [0.1, 0.15) is 14.5 Å². The van der Waals surface area contributed by atoms with Crippen molar-refractivity contribution in [1.82, 2.24) is 0 Å². The minimum absolute atomic E-state index is 0.215. The largest absolute Gasteiger partial charge is 0.375 e. The van der Waals surface area contributed by atoms with Crippen LogP contribution in [0.5, 0.6) is 0 Å². The number of ether oxygens (including phenoxy) is 1. The van der Waals surface area contributed by atoms with Gasteiger partial charge < -0.3 is 4.74 Å². The summed E-state index contributed by atoms with van der Waals surface area (Å²) in [5.41, 5.74) is 0.215. The highest BCUT2D eigenvalue weighted by molar-refractivity contribution is 6.24. The Labute approximate surface area is 78.2 Å². The first-order chi connectivity index (χ1) is 6.13. The molecule has 0 rings (SSSR count). The molecular formula is C9H13BF2O. The molecule has 0 unspecified atom stereocenters. The van der Waals surface area contributed by atoms with Crippen LogP contribution in [0.25, 0.3) is 0 Å². The van der Waals surface area contributed by atoms with Crippen LogP contribution in [0, 0.1) is 0 Å². The molecule has 0 aliphatic carbocycles. The fourth-order valence-electron chi connectivity index (χ4n) is 0.719. The summed E-state index contributed by atoms with van der Waals surface area (Å²) in [6, 6.07) is 0. The third-order valence-corrected chi connectivity index (χ3v) is 1.39. The summed E-state index contributed by atoms with van der Waals surface area (Å²) in [5.74, 6) is -1.74. The van der Waals surface area contributed by atoms with E-state index in [0.29, 0.717) is 6.61 Å². The monoisotopic (exact) mass is 186 g/mol. The molecule has 0 amide bonds. The third kappa shape index (κ3) is 4.63. The topological polar surface area (TPSA) is 9.23 Å². The van der Waals surface area contributed by atoms with E-state index >= 15 is 0 Å². The van der Waals surface area contributed by atoms with Crippen molar-refractivity contribution < 1.29 is 13.5 Å². The lowest BCUT2D eigenvalue weighted by Gasteiger charge is -2.01. The van der Waals surface area contributed by atoms with Crippen LogP contribution >= 0.6 is 0 Å². The van der Waals surface area contributed by atoms with Gasteiger partial charge in [-0.2, -0.15) is 0 Å². The Morgan fingerprint density at radius 3 is 2.62 bits per heavy atom. The van der Waals surface area contributed by atoms with E-state index in [1.807, 2.05) is 0 Å². The van der Waals surface area contributed by atoms with Gasteiger partial charge in [-0.25, -0.2) is 8.78 Å². The summed E-state index contributed by atoms with van der Waals surface area (Å²) in [7, 11) is 1.47. The lowest BCUT2D eigenvalue weighted by molar-refractivity contribution is 0.153. The summed E-state index contributed by atoms with van der Waals surface area (Å²) in [6.07, 6.45) is 2.81. The molecule has 4 heteroatoms. The van der Waals surface area contributed by atoms with E-state index in [1.54, 1.807) is 6.92 Å². The average Bonchev–Trinajstić information content (AvgIpc) is 2.13. The molecule has 0 bridgehead atoms. The molecule has 0 aliphatic heterocycles. The van der Waals surface area contributed by atoms with Gasteiger partial charge in [-0.3, -0.25) is 0 Å². The molecule has 0 aromatic carbocycles. The Kier molecular flexibility index (Phi) is 6.15. The number of halogens is 2. The van der Waals surface area contributed by atoms with E-state index in [-0.39, 0.29) is 12.1 Å². The summed E-state index contributed by atoms with van der Waals surface area (Å²) >= 11 is 0. The summed E-state index contributed by atoms with van der Waals surface area (Å²) in [4.78, 5) is 0. The van der Waals surface area contributed by atoms with Crippen molar-refractivity contribution in [2.24, 2.45) is 0 Å². The zero-order valence-electron chi connectivity index (χ0n) is 7.94. The van der Waals surface area contributed by atoms with E-state index in [1.165, 1.54) is 20.0 Å². The third-order valence-electron chi connectivity index (χ3n) is 1.39. The van der Waals surface area contributed by atoms with Crippen molar-refractivity contribution >= 4 is 7.85 Å². The molecule has 13 heavy (non-hydrogen) atoms. The highest BCUT2D eigenvalue weighted by Crippen LogP contribution is 2.15. The van der Waals surface area contributed by atoms with Gasteiger partial charge in [-0.1, -0.05) is 24.2 Å². The Morgan fingerprint density at radius 2 is 2.15 bits per heavy atom. The first kappa shape index (κ1) is 12.1. The van der Waals surface area contributed by atoms with Crippen molar-refractivity contribution in [1.29, 1.82) is 0 Å². The second-order valence-electron chi connectivity index (χ2n) is 2.44. The van der Waals surface area contributed by atoms with Crippen molar-refractivity contribution in [2.45, 2.75) is 6.92 Å². The predicted octanol–water partition coefficient (Wildman–Crippen LogP) is 1.88. The Balaban J connectivity index is 4.41. The Bertz CT molecular complexity index is 234. The molecule has 72 valence electrons. The van der Waals surface area contributed by atoms with Crippen LogP contribution in [-0.4, -0.2) is 21.1 Å². The molecule has 0 spiro atoms. The molecule has 0 atom stereocenters. The molecule has 0 aromatic heterocycles. The molecule has 0 fully saturated rings. The summed E-state index contributed by atoms with van der Waals surface area (Å²) in [5, 5.41) is 0. The average molecular weight is 186 g/mol. The van der Waals surface area contributed by atoms with Crippen molar-refractivity contribution in [3.63, 3.8) is 0 Å². The molecule has 0 saturated carbocycles. The highest BCUT2D eigenvalue weighted by atomic mass is 19.2. The Hall–Kier alpha value is -0.895. The molecule has 0 heterocycles. The SMILES string of the molecule is BC(=C/C=C)/C(F)=C(/F)COCC. The van der Waals surface area contributed by atoms with Gasteiger partial charge in [0.05, 0.1) is 0 Å². The molecule has 0 N–H and O–H groups in total. The van der Waals surface area contributed by atoms with Gasteiger partial charge in [0.25, 0.3) is 0 Å². The van der Waals surface area contributed by atoms with Crippen molar-refractivity contribution in [3.8, 4) is 0 Å². The molecular weight excluding hydrogens is 173 g/mol. The van der Waals surface area contributed by atoms with Gasteiger partial charge in [-0.15, -0.1) is 0 Å². The maximum absolute atomic E-state index is 13.0.